The van der Waals surface area contributed by atoms with E-state index in [1.807, 2.05) is 42.5 Å². The van der Waals surface area contributed by atoms with Crippen LogP contribution in [0.25, 0.3) is 0 Å². The van der Waals surface area contributed by atoms with E-state index in [1.165, 1.54) is 10.6 Å². The molecule has 1 aliphatic rings. The molecule has 174 valence electrons. The molecule has 32 heavy (non-hydrogen) atoms. The van der Waals surface area contributed by atoms with Crippen molar-refractivity contribution in [2.45, 2.75) is 32.9 Å². The Hall–Kier alpha value is -2.78. The Morgan fingerprint density at radius 1 is 1.03 bits per heavy atom. The number of hydrogen-bond donors (Lipinski definition) is 1. The van der Waals surface area contributed by atoms with Crippen molar-refractivity contribution in [3.05, 3.63) is 59.2 Å². The maximum absolute atomic E-state index is 11.7. The molecule has 8 nitrogen and oxygen atoms in total. The van der Waals surface area contributed by atoms with Crippen LogP contribution in [0.5, 0.6) is 11.5 Å². The Balaban J connectivity index is 1.37. The van der Waals surface area contributed by atoms with Crippen LogP contribution in [-0.2, 0) is 34.3 Å². The summed E-state index contributed by atoms with van der Waals surface area (Å²) in [7, 11) is -3.17. The SMILES string of the molecule is CCOC(=O)NCc1ccc(OCCCOc2ccc3c(c2)CCN(S(C)(=O)=O)C3)cc1. The average molecular weight is 463 g/mol. The summed E-state index contributed by atoms with van der Waals surface area (Å²) in [6.07, 6.45) is 2.23. The quantitative estimate of drug-likeness (QED) is 0.546. The molecule has 0 atom stereocenters. The molecule has 2 aromatic rings. The summed E-state index contributed by atoms with van der Waals surface area (Å²) in [4.78, 5) is 11.3. The van der Waals surface area contributed by atoms with Gasteiger partial charge in [-0.05, 0) is 54.3 Å². The molecule has 9 heteroatoms. The van der Waals surface area contributed by atoms with E-state index < -0.39 is 16.1 Å². The summed E-state index contributed by atoms with van der Waals surface area (Å²) in [5.41, 5.74) is 3.12. The van der Waals surface area contributed by atoms with Gasteiger partial charge >= 0.3 is 6.09 Å². The lowest BCUT2D eigenvalue weighted by molar-refractivity contribution is 0.151. The minimum Gasteiger partial charge on any atom is -0.493 e. The molecular weight excluding hydrogens is 432 g/mol. The van der Waals surface area contributed by atoms with Gasteiger partial charge in [-0.1, -0.05) is 18.2 Å². The number of rotatable bonds is 10. The Morgan fingerprint density at radius 3 is 2.41 bits per heavy atom. The Kier molecular flexibility index (Phi) is 8.35. The fraction of sp³-hybridized carbons (Fsp3) is 0.435. The van der Waals surface area contributed by atoms with Gasteiger partial charge in [0.15, 0.2) is 0 Å². The number of carbonyl (C=O) groups is 1. The molecule has 0 unspecified atom stereocenters. The zero-order valence-corrected chi connectivity index (χ0v) is 19.3. The highest BCUT2D eigenvalue weighted by molar-refractivity contribution is 7.88. The van der Waals surface area contributed by atoms with Crippen molar-refractivity contribution >= 4 is 16.1 Å². The molecule has 1 aliphatic heterocycles. The number of carbonyl (C=O) groups excluding carboxylic acids is 1. The first-order valence-electron chi connectivity index (χ1n) is 10.7. The molecule has 0 bridgehead atoms. The van der Waals surface area contributed by atoms with Gasteiger partial charge in [0, 0.05) is 26.1 Å². The van der Waals surface area contributed by atoms with Crippen molar-refractivity contribution in [3.63, 3.8) is 0 Å². The summed E-state index contributed by atoms with van der Waals surface area (Å²) in [5.74, 6) is 1.55. The summed E-state index contributed by atoms with van der Waals surface area (Å²) in [6.45, 7) is 4.48. The third kappa shape index (κ3) is 7.13. The van der Waals surface area contributed by atoms with Gasteiger partial charge in [0.25, 0.3) is 0 Å². The second kappa shape index (κ2) is 11.2. The molecule has 1 heterocycles. The highest BCUT2D eigenvalue weighted by Gasteiger charge is 2.23. The van der Waals surface area contributed by atoms with Crippen LogP contribution in [-0.4, -0.2) is 51.4 Å². The molecule has 0 aliphatic carbocycles. The van der Waals surface area contributed by atoms with Gasteiger partial charge in [0.2, 0.25) is 10.0 Å². The molecule has 1 amide bonds. The van der Waals surface area contributed by atoms with Crippen molar-refractivity contribution in [2.75, 3.05) is 32.6 Å². The number of alkyl carbamates (subject to hydrolysis) is 1. The van der Waals surface area contributed by atoms with E-state index in [9.17, 15) is 13.2 Å². The van der Waals surface area contributed by atoms with Gasteiger partial charge in [-0.2, -0.15) is 4.31 Å². The van der Waals surface area contributed by atoms with Crippen LogP contribution >= 0.6 is 0 Å². The number of amides is 1. The van der Waals surface area contributed by atoms with Crippen molar-refractivity contribution < 1.29 is 27.4 Å². The zero-order chi connectivity index (χ0) is 23.0. The lowest BCUT2D eigenvalue weighted by Gasteiger charge is -2.27. The van der Waals surface area contributed by atoms with E-state index in [4.69, 9.17) is 14.2 Å². The van der Waals surface area contributed by atoms with Crippen LogP contribution < -0.4 is 14.8 Å². The van der Waals surface area contributed by atoms with Crippen molar-refractivity contribution in [1.29, 1.82) is 0 Å². The molecule has 0 spiro atoms. The normalized spacial score (nSPS) is 13.8. The molecule has 2 aromatic carbocycles. The third-order valence-corrected chi connectivity index (χ3v) is 6.34. The van der Waals surface area contributed by atoms with Crippen LogP contribution in [0.1, 0.15) is 30.0 Å². The number of ether oxygens (including phenoxy) is 3. The number of nitrogens with one attached hydrogen (secondary N) is 1. The van der Waals surface area contributed by atoms with Crippen molar-refractivity contribution in [2.24, 2.45) is 0 Å². The summed E-state index contributed by atoms with van der Waals surface area (Å²) in [5, 5.41) is 2.67. The van der Waals surface area contributed by atoms with E-state index >= 15 is 0 Å². The molecule has 0 saturated carbocycles. The van der Waals surface area contributed by atoms with Crippen LogP contribution in [0.3, 0.4) is 0 Å². The maximum Gasteiger partial charge on any atom is 0.407 e. The zero-order valence-electron chi connectivity index (χ0n) is 18.5. The Bertz CT molecular complexity index is 1010. The molecule has 0 aromatic heterocycles. The van der Waals surface area contributed by atoms with Crippen LogP contribution in [0.4, 0.5) is 4.79 Å². The predicted molar refractivity (Wildman–Crippen MR) is 121 cm³/mol. The minimum atomic E-state index is -3.17. The minimum absolute atomic E-state index is 0.346. The molecule has 0 radical (unpaired) electrons. The molecule has 1 N–H and O–H groups in total. The monoisotopic (exact) mass is 462 g/mol. The van der Waals surface area contributed by atoms with Crippen LogP contribution in [0, 0.1) is 0 Å². The smallest absolute Gasteiger partial charge is 0.407 e. The Labute approximate surface area is 189 Å². The average Bonchev–Trinajstić information content (AvgIpc) is 2.77. The number of nitrogens with zero attached hydrogens (tertiary/aromatic N) is 1. The third-order valence-electron chi connectivity index (χ3n) is 5.09. The van der Waals surface area contributed by atoms with Gasteiger partial charge in [-0.15, -0.1) is 0 Å². The number of benzene rings is 2. The van der Waals surface area contributed by atoms with Crippen molar-refractivity contribution in [1.82, 2.24) is 9.62 Å². The first-order valence-corrected chi connectivity index (χ1v) is 12.5. The van der Waals surface area contributed by atoms with Crippen LogP contribution in [0.2, 0.25) is 0 Å². The van der Waals surface area contributed by atoms with E-state index in [-0.39, 0.29) is 0 Å². The summed E-state index contributed by atoms with van der Waals surface area (Å²) in [6, 6.07) is 13.4. The van der Waals surface area contributed by atoms with Gasteiger partial charge in [0.1, 0.15) is 11.5 Å². The summed E-state index contributed by atoms with van der Waals surface area (Å²) >= 11 is 0. The fourth-order valence-corrected chi connectivity index (χ4v) is 4.17. The predicted octanol–water partition coefficient (Wildman–Crippen LogP) is 3.10. The van der Waals surface area contributed by atoms with E-state index in [1.54, 1.807) is 6.92 Å². The van der Waals surface area contributed by atoms with Gasteiger partial charge in [-0.25, -0.2) is 13.2 Å². The number of fused-ring (bicyclic) bond motifs is 1. The topological polar surface area (TPSA) is 94.2 Å². The molecule has 3 rings (SSSR count). The largest absolute Gasteiger partial charge is 0.493 e. The lowest BCUT2D eigenvalue weighted by atomic mass is 10.0. The highest BCUT2D eigenvalue weighted by Crippen LogP contribution is 2.25. The number of sulfonamides is 1. The van der Waals surface area contributed by atoms with E-state index in [0.29, 0.717) is 45.9 Å². The molecule has 0 saturated heterocycles. The second-order valence-electron chi connectivity index (χ2n) is 7.55. The van der Waals surface area contributed by atoms with Gasteiger partial charge in [-0.3, -0.25) is 0 Å². The standard InChI is InChI=1S/C23H30N2O6S/c1-3-29-23(26)24-16-18-5-8-21(9-6-18)30-13-4-14-31-22-10-7-20-17-25(32(2,27)28)12-11-19(20)15-22/h5-10,15H,3-4,11-14,16-17H2,1-2H3,(H,24,26). The van der Waals surface area contributed by atoms with Crippen molar-refractivity contribution in [3.8, 4) is 11.5 Å². The lowest BCUT2D eigenvalue weighted by Crippen LogP contribution is -2.35. The maximum atomic E-state index is 11.7. The van der Waals surface area contributed by atoms with E-state index in [0.717, 1.165) is 34.6 Å². The molecule has 0 fully saturated rings. The number of hydrogen-bond acceptors (Lipinski definition) is 6. The summed E-state index contributed by atoms with van der Waals surface area (Å²) < 4.78 is 41.4. The van der Waals surface area contributed by atoms with Crippen LogP contribution in [0.15, 0.2) is 42.5 Å². The Morgan fingerprint density at radius 2 is 1.72 bits per heavy atom. The highest BCUT2D eigenvalue weighted by atomic mass is 32.2. The first kappa shape index (κ1) is 23.9. The van der Waals surface area contributed by atoms with Gasteiger partial charge in [0.05, 0.1) is 26.1 Å². The first-order chi connectivity index (χ1) is 15.3. The fourth-order valence-electron chi connectivity index (χ4n) is 3.38. The second-order valence-corrected chi connectivity index (χ2v) is 9.53. The van der Waals surface area contributed by atoms with E-state index in [2.05, 4.69) is 5.32 Å². The molecular formula is C23H30N2O6S. The van der Waals surface area contributed by atoms with Gasteiger partial charge < -0.3 is 19.5 Å².